The molecule has 0 aliphatic rings. The maximum atomic E-state index is 11.3. The molecule has 1 aromatic heterocycles. The number of ether oxygens (including phenoxy) is 1. The van der Waals surface area contributed by atoms with Crippen LogP contribution in [0.5, 0.6) is 0 Å². The van der Waals surface area contributed by atoms with Gasteiger partial charge in [0.15, 0.2) is 0 Å². The van der Waals surface area contributed by atoms with Crippen LogP contribution in [0.25, 0.3) is 0 Å². The van der Waals surface area contributed by atoms with Gasteiger partial charge in [0, 0.05) is 6.61 Å². The number of aryl methyl sites for hydroxylation is 1. The second kappa shape index (κ2) is 5.31. The van der Waals surface area contributed by atoms with Crippen molar-refractivity contribution in [2.75, 3.05) is 24.3 Å². The molecular formula is C10H15N3O2. The van der Waals surface area contributed by atoms with Crippen LogP contribution in [0.1, 0.15) is 12.5 Å². The molecule has 15 heavy (non-hydrogen) atoms. The van der Waals surface area contributed by atoms with Crippen LogP contribution in [0.3, 0.4) is 0 Å². The van der Waals surface area contributed by atoms with E-state index in [1.165, 1.54) is 6.20 Å². The van der Waals surface area contributed by atoms with E-state index in [4.69, 9.17) is 10.5 Å². The van der Waals surface area contributed by atoms with Gasteiger partial charge in [-0.05, 0) is 25.5 Å². The third-order valence-corrected chi connectivity index (χ3v) is 1.86. The maximum absolute atomic E-state index is 11.3. The second-order valence-electron chi connectivity index (χ2n) is 3.11. The SMILES string of the molecule is CCOCC(=O)Nc1cc(C)c(N)cn1. The number of hydrogen-bond acceptors (Lipinski definition) is 4. The molecule has 0 atom stereocenters. The van der Waals surface area contributed by atoms with Crippen molar-refractivity contribution >= 4 is 17.4 Å². The van der Waals surface area contributed by atoms with Gasteiger partial charge in [0.2, 0.25) is 0 Å². The number of carbonyl (C=O) groups is 1. The molecule has 0 fully saturated rings. The zero-order chi connectivity index (χ0) is 11.3. The molecule has 0 radical (unpaired) electrons. The monoisotopic (exact) mass is 209 g/mol. The first-order valence-corrected chi connectivity index (χ1v) is 4.73. The normalized spacial score (nSPS) is 10.0. The zero-order valence-corrected chi connectivity index (χ0v) is 8.91. The number of pyridine rings is 1. The van der Waals surface area contributed by atoms with Crippen LogP contribution in [-0.4, -0.2) is 24.1 Å². The number of nitrogens with zero attached hydrogens (tertiary/aromatic N) is 1. The molecule has 0 bridgehead atoms. The Balaban J connectivity index is 2.57. The Morgan fingerprint density at radius 3 is 3.00 bits per heavy atom. The number of nitrogen functional groups attached to an aromatic ring is 1. The van der Waals surface area contributed by atoms with Crippen molar-refractivity contribution in [2.24, 2.45) is 0 Å². The molecule has 0 saturated carbocycles. The molecule has 0 aliphatic heterocycles. The topological polar surface area (TPSA) is 77.2 Å². The fraction of sp³-hybridized carbons (Fsp3) is 0.400. The third-order valence-electron chi connectivity index (χ3n) is 1.86. The molecule has 1 aromatic rings. The van der Waals surface area contributed by atoms with E-state index in [0.29, 0.717) is 18.1 Å². The standard InChI is InChI=1S/C10H15N3O2/c1-3-15-6-10(14)13-9-4-7(2)8(11)5-12-9/h4-5H,3,6,11H2,1-2H3,(H,12,13,14). The maximum Gasteiger partial charge on any atom is 0.251 e. The van der Waals surface area contributed by atoms with Crippen LogP contribution in [0.15, 0.2) is 12.3 Å². The summed E-state index contributed by atoms with van der Waals surface area (Å²) < 4.78 is 4.96. The van der Waals surface area contributed by atoms with E-state index in [0.717, 1.165) is 5.56 Å². The first-order chi connectivity index (χ1) is 7.13. The fourth-order valence-corrected chi connectivity index (χ4v) is 1.01. The third kappa shape index (κ3) is 3.55. The van der Waals surface area contributed by atoms with Gasteiger partial charge in [-0.25, -0.2) is 4.98 Å². The number of hydrogen-bond donors (Lipinski definition) is 2. The number of aromatic nitrogens is 1. The highest BCUT2D eigenvalue weighted by Gasteiger charge is 2.03. The summed E-state index contributed by atoms with van der Waals surface area (Å²) >= 11 is 0. The molecule has 0 aliphatic carbocycles. The van der Waals surface area contributed by atoms with E-state index >= 15 is 0 Å². The number of nitrogens with one attached hydrogen (secondary N) is 1. The smallest absolute Gasteiger partial charge is 0.251 e. The minimum atomic E-state index is -0.214. The van der Waals surface area contributed by atoms with Gasteiger partial charge in [-0.2, -0.15) is 0 Å². The van der Waals surface area contributed by atoms with Gasteiger partial charge in [0.1, 0.15) is 12.4 Å². The Hall–Kier alpha value is -1.62. The quantitative estimate of drug-likeness (QED) is 0.773. The average Bonchev–Trinajstić information content (AvgIpc) is 2.20. The van der Waals surface area contributed by atoms with Crippen LogP contribution in [0, 0.1) is 6.92 Å². The molecule has 82 valence electrons. The first kappa shape index (κ1) is 11.5. The molecular weight excluding hydrogens is 194 g/mol. The average molecular weight is 209 g/mol. The lowest BCUT2D eigenvalue weighted by Crippen LogP contribution is -2.19. The Bertz CT molecular complexity index is 353. The van der Waals surface area contributed by atoms with Crippen LogP contribution in [-0.2, 0) is 9.53 Å². The molecule has 1 amide bonds. The highest BCUT2D eigenvalue weighted by atomic mass is 16.5. The molecule has 0 unspecified atom stereocenters. The van der Waals surface area contributed by atoms with Crippen molar-refractivity contribution in [3.05, 3.63) is 17.8 Å². The van der Waals surface area contributed by atoms with E-state index in [1.807, 2.05) is 13.8 Å². The minimum absolute atomic E-state index is 0.0433. The highest BCUT2D eigenvalue weighted by molar-refractivity contribution is 5.90. The molecule has 5 nitrogen and oxygen atoms in total. The molecule has 3 N–H and O–H groups in total. The molecule has 1 rings (SSSR count). The number of nitrogens with two attached hydrogens (primary N) is 1. The van der Waals surface area contributed by atoms with E-state index < -0.39 is 0 Å². The number of carbonyl (C=O) groups excluding carboxylic acids is 1. The molecule has 0 aromatic carbocycles. The first-order valence-electron chi connectivity index (χ1n) is 4.73. The summed E-state index contributed by atoms with van der Waals surface area (Å²) in [6, 6.07) is 1.72. The molecule has 0 saturated heterocycles. The predicted molar refractivity (Wildman–Crippen MR) is 58.5 cm³/mol. The van der Waals surface area contributed by atoms with Gasteiger partial charge in [-0.1, -0.05) is 0 Å². The van der Waals surface area contributed by atoms with Crippen molar-refractivity contribution in [3.8, 4) is 0 Å². The van der Waals surface area contributed by atoms with Crippen molar-refractivity contribution < 1.29 is 9.53 Å². The highest BCUT2D eigenvalue weighted by Crippen LogP contribution is 2.12. The van der Waals surface area contributed by atoms with Gasteiger partial charge in [-0.3, -0.25) is 4.79 Å². The van der Waals surface area contributed by atoms with E-state index in [9.17, 15) is 4.79 Å². The molecule has 5 heteroatoms. The summed E-state index contributed by atoms with van der Waals surface area (Å²) in [6.45, 7) is 4.25. The van der Waals surface area contributed by atoms with Crippen LogP contribution < -0.4 is 11.1 Å². The molecule has 0 spiro atoms. The van der Waals surface area contributed by atoms with Crippen molar-refractivity contribution in [2.45, 2.75) is 13.8 Å². The summed E-state index contributed by atoms with van der Waals surface area (Å²) in [6.07, 6.45) is 1.52. The number of rotatable bonds is 4. The van der Waals surface area contributed by atoms with E-state index in [1.54, 1.807) is 6.07 Å². The Morgan fingerprint density at radius 2 is 2.40 bits per heavy atom. The number of amides is 1. The lowest BCUT2D eigenvalue weighted by molar-refractivity contribution is -0.120. The zero-order valence-electron chi connectivity index (χ0n) is 8.91. The summed E-state index contributed by atoms with van der Waals surface area (Å²) in [4.78, 5) is 15.2. The van der Waals surface area contributed by atoms with Crippen molar-refractivity contribution in [1.82, 2.24) is 4.98 Å². The number of anilines is 2. The summed E-state index contributed by atoms with van der Waals surface area (Å²) in [5, 5.41) is 2.61. The van der Waals surface area contributed by atoms with E-state index in [-0.39, 0.29) is 12.5 Å². The lowest BCUT2D eigenvalue weighted by atomic mass is 10.2. The van der Waals surface area contributed by atoms with Gasteiger partial charge < -0.3 is 15.8 Å². The van der Waals surface area contributed by atoms with Crippen LogP contribution in [0.4, 0.5) is 11.5 Å². The van der Waals surface area contributed by atoms with Gasteiger partial charge in [0.05, 0.1) is 11.9 Å². The largest absolute Gasteiger partial charge is 0.397 e. The van der Waals surface area contributed by atoms with Crippen LogP contribution >= 0.6 is 0 Å². The minimum Gasteiger partial charge on any atom is -0.397 e. The van der Waals surface area contributed by atoms with Gasteiger partial charge in [-0.15, -0.1) is 0 Å². The predicted octanol–water partition coefficient (Wildman–Crippen LogP) is 0.947. The summed E-state index contributed by atoms with van der Waals surface area (Å²) in [5.41, 5.74) is 7.09. The molecule has 1 heterocycles. The Morgan fingerprint density at radius 1 is 1.67 bits per heavy atom. The van der Waals surface area contributed by atoms with E-state index in [2.05, 4.69) is 10.3 Å². The second-order valence-corrected chi connectivity index (χ2v) is 3.11. The van der Waals surface area contributed by atoms with Crippen molar-refractivity contribution in [1.29, 1.82) is 0 Å². The summed E-state index contributed by atoms with van der Waals surface area (Å²) in [7, 11) is 0. The Labute approximate surface area is 88.6 Å². The van der Waals surface area contributed by atoms with Crippen molar-refractivity contribution in [3.63, 3.8) is 0 Å². The summed E-state index contributed by atoms with van der Waals surface area (Å²) in [5.74, 6) is 0.278. The van der Waals surface area contributed by atoms with Crippen LogP contribution in [0.2, 0.25) is 0 Å². The fourth-order valence-electron chi connectivity index (χ4n) is 1.01. The lowest BCUT2D eigenvalue weighted by Gasteiger charge is -2.06. The Kier molecular flexibility index (Phi) is 4.05. The van der Waals surface area contributed by atoms with Gasteiger partial charge in [0.25, 0.3) is 5.91 Å². The van der Waals surface area contributed by atoms with Gasteiger partial charge >= 0.3 is 0 Å².